The molecule has 1 atom stereocenters. The molecule has 2 heterocycles. The van der Waals surface area contributed by atoms with E-state index in [2.05, 4.69) is 15.0 Å². The smallest absolute Gasteiger partial charge is 0.259 e. The van der Waals surface area contributed by atoms with Gasteiger partial charge in [0, 0.05) is 26.9 Å². The van der Waals surface area contributed by atoms with Crippen molar-refractivity contribution in [1.82, 2.24) is 19.6 Å². The van der Waals surface area contributed by atoms with Crippen LogP contribution in [-0.2, 0) is 21.8 Å². The minimum Gasteiger partial charge on any atom is -0.383 e. The summed E-state index contributed by atoms with van der Waals surface area (Å²) < 4.78 is 34.0. The van der Waals surface area contributed by atoms with Gasteiger partial charge < -0.3 is 14.6 Å². The highest BCUT2D eigenvalue weighted by atomic mass is 35.5. The van der Waals surface area contributed by atoms with Crippen molar-refractivity contribution in [3.05, 3.63) is 12.0 Å². The van der Waals surface area contributed by atoms with E-state index in [9.17, 15) is 8.42 Å². The molecule has 1 fully saturated rings. The number of hydrogen-bond donors (Lipinski definition) is 2. The standard InChI is InChI=1S/C12H22N4O3S.ClH/c1-10-15-11(7-16(10)2)20(17,18)14-8-12(9-19-3)5-4-6-13-12;/h7,13-14H,4-6,8-9H2,1-3H3;1H. The second kappa shape index (κ2) is 7.06. The molecule has 122 valence electrons. The third-order valence-electron chi connectivity index (χ3n) is 3.72. The van der Waals surface area contributed by atoms with Crippen molar-refractivity contribution in [3.8, 4) is 0 Å². The van der Waals surface area contributed by atoms with Gasteiger partial charge >= 0.3 is 0 Å². The summed E-state index contributed by atoms with van der Waals surface area (Å²) in [5.74, 6) is 0.663. The van der Waals surface area contributed by atoms with E-state index in [1.54, 1.807) is 25.6 Å². The minimum absolute atomic E-state index is 0. The normalized spacial score (nSPS) is 22.2. The van der Waals surface area contributed by atoms with Crippen LogP contribution in [0.5, 0.6) is 0 Å². The van der Waals surface area contributed by atoms with Gasteiger partial charge in [-0.1, -0.05) is 0 Å². The lowest BCUT2D eigenvalue weighted by Gasteiger charge is -2.28. The fraction of sp³-hybridized carbons (Fsp3) is 0.750. The number of nitrogens with one attached hydrogen (secondary N) is 2. The Morgan fingerprint density at radius 1 is 1.57 bits per heavy atom. The molecule has 0 saturated carbocycles. The zero-order valence-electron chi connectivity index (χ0n) is 12.5. The summed E-state index contributed by atoms with van der Waals surface area (Å²) in [4.78, 5) is 4.06. The Hall–Kier alpha value is -0.670. The molecule has 1 aliphatic heterocycles. The fourth-order valence-electron chi connectivity index (χ4n) is 2.43. The molecule has 0 radical (unpaired) electrons. The van der Waals surface area contributed by atoms with E-state index in [4.69, 9.17) is 4.74 Å². The highest BCUT2D eigenvalue weighted by molar-refractivity contribution is 7.89. The predicted molar refractivity (Wildman–Crippen MR) is 82.2 cm³/mol. The van der Waals surface area contributed by atoms with Crippen molar-refractivity contribution in [3.63, 3.8) is 0 Å². The van der Waals surface area contributed by atoms with Gasteiger partial charge in [-0.3, -0.25) is 0 Å². The van der Waals surface area contributed by atoms with E-state index < -0.39 is 10.0 Å². The SMILES string of the molecule is COCC1(CNS(=O)(=O)c2cn(C)c(C)n2)CCCN1.Cl. The van der Waals surface area contributed by atoms with Gasteiger partial charge in [-0.05, 0) is 26.3 Å². The minimum atomic E-state index is -3.58. The Kier molecular flexibility index (Phi) is 6.18. The fourth-order valence-corrected chi connectivity index (χ4v) is 3.60. The molecule has 1 saturated heterocycles. The number of ether oxygens (including phenoxy) is 1. The van der Waals surface area contributed by atoms with Crippen LogP contribution in [0.2, 0.25) is 0 Å². The topological polar surface area (TPSA) is 85.2 Å². The Morgan fingerprint density at radius 2 is 2.29 bits per heavy atom. The first-order valence-electron chi connectivity index (χ1n) is 6.62. The molecule has 1 unspecified atom stereocenters. The van der Waals surface area contributed by atoms with E-state index in [1.165, 1.54) is 6.20 Å². The molecule has 0 aliphatic carbocycles. The van der Waals surface area contributed by atoms with E-state index in [0.29, 0.717) is 19.0 Å². The van der Waals surface area contributed by atoms with Gasteiger partial charge in [0.05, 0.1) is 12.1 Å². The number of nitrogens with zero attached hydrogens (tertiary/aromatic N) is 2. The zero-order chi connectivity index (χ0) is 14.8. The molecular weight excluding hydrogens is 316 g/mol. The molecule has 21 heavy (non-hydrogen) atoms. The Morgan fingerprint density at radius 3 is 2.76 bits per heavy atom. The van der Waals surface area contributed by atoms with Crippen molar-refractivity contribution < 1.29 is 13.2 Å². The maximum absolute atomic E-state index is 12.2. The summed E-state index contributed by atoms with van der Waals surface area (Å²) in [7, 11) is -0.190. The van der Waals surface area contributed by atoms with Crippen LogP contribution in [0.4, 0.5) is 0 Å². The Labute approximate surface area is 131 Å². The molecule has 0 bridgehead atoms. The van der Waals surface area contributed by atoms with Gasteiger partial charge in [0.15, 0.2) is 5.03 Å². The lowest BCUT2D eigenvalue weighted by Crippen LogP contribution is -2.52. The van der Waals surface area contributed by atoms with E-state index in [-0.39, 0.29) is 23.0 Å². The molecule has 2 rings (SSSR count). The third-order valence-corrected chi connectivity index (χ3v) is 4.99. The number of imidazole rings is 1. The molecule has 1 aromatic rings. The second-order valence-electron chi connectivity index (χ2n) is 5.31. The van der Waals surface area contributed by atoms with E-state index in [1.807, 2.05) is 0 Å². The Bertz CT molecular complexity index is 548. The van der Waals surface area contributed by atoms with E-state index >= 15 is 0 Å². The van der Waals surface area contributed by atoms with Crippen molar-refractivity contribution in [2.75, 3.05) is 26.8 Å². The van der Waals surface area contributed by atoms with Gasteiger partial charge in [-0.15, -0.1) is 12.4 Å². The number of rotatable bonds is 6. The van der Waals surface area contributed by atoms with Crippen LogP contribution >= 0.6 is 12.4 Å². The molecule has 1 aliphatic rings. The lowest BCUT2D eigenvalue weighted by atomic mass is 9.99. The highest BCUT2D eigenvalue weighted by Gasteiger charge is 2.35. The number of halogens is 1. The molecule has 0 aromatic carbocycles. The summed E-state index contributed by atoms with van der Waals surface area (Å²) in [5.41, 5.74) is -0.314. The maximum atomic E-state index is 12.2. The van der Waals surface area contributed by atoms with E-state index in [0.717, 1.165) is 19.4 Å². The zero-order valence-corrected chi connectivity index (χ0v) is 14.2. The predicted octanol–water partition coefficient (Wildman–Crippen LogP) is 0.197. The number of aryl methyl sites for hydroxylation is 2. The summed E-state index contributed by atoms with van der Waals surface area (Å²) in [6, 6.07) is 0. The average molecular weight is 339 g/mol. The number of sulfonamides is 1. The van der Waals surface area contributed by atoms with Gasteiger partial charge in [-0.25, -0.2) is 18.1 Å². The quantitative estimate of drug-likeness (QED) is 0.774. The Balaban J connectivity index is 0.00000220. The van der Waals surface area contributed by atoms with Crippen molar-refractivity contribution >= 4 is 22.4 Å². The molecule has 9 heteroatoms. The molecule has 7 nitrogen and oxygen atoms in total. The van der Waals surface area contributed by atoms with Crippen LogP contribution in [-0.4, -0.2) is 50.3 Å². The molecule has 0 amide bonds. The van der Waals surface area contributed by atoms with Crippen LogP contribution in [0.25, 0.3) is 0 Å². The number of aromatic nitrogens is 2. The number of methoxy groups -OCH3 is 1. The van der Waals surface area contributed by atoms with Crippen LogP contribution in [0.15, 0.2) is 11.2 Å². The monoisotopic (exact) mass is 338 g/mol. The first-order valence-corrected chi connectivity index (χ1v) is 8.10. The van der Waals surface area contributed by atoms with Crippen molar-refractivity contribution in [1.29, 1.82) is 0 Å². The average Bonchev–Trinajstić information content (AvgIpc) is 2.97. The first kappa shape index (κ1) is 18.4. The molecule has 1 aromatic heterocycles. The summed E-state index contributed by atoms with van der Waals surface area (Å²) >= 11 is 0. The van der Waals surface area contributed by atoms with Gasteiger partial charge in [0.25, 0.3) is 10.0 Å². The summed E-state index contributed by atoms with van der Waals surface area (Å²) in [6.07, 6.45) is 3.43. The van der Waals surface area contributed by atoms with Gasteiger partial charge in [-0.2, -0.15) is 0 Å². The third kappa shape index (κ3) is 4.17. The maximum Gasteiger partial charge on any atom is 0.259 e. The summed E-state index contributed by atoms with van der Waals surface area (Å²) in [6.45, 7) is 3.44. The lowest BCUT2D eigenvalue weighted by molar-refractivity contribution is 0.122. The molecular formula is C12H23ClN4O3S. The summed E-state index contributed by atoms with van der Waals surface area (Å²) in [5, 5.41) is 3.39. The largest absolute Gasteiger partial charge is 0.383 e. The molecule has 2 N–H and O–H groups in total. The van der Waals surface area contributed by atoms with Gasteiger partial charge in [0.1, 0.15) is 5.82 Å². The molecule has 0 spiro atoms. The first-order chi connectivity index (χ1) is 9.38. The van der Waals surface area contributed by atoms with Crippen LogP contribution < -0.4 is 10.0 Å². The highest BCUT2D eigenvalue weighted by Crippen LogP contribution is 2.19. The van der Waals surface area contributed by atoms with Crippen LogP contribution in [0.3, 0.4) is 0 Å². The van der Waals surface area contributed by atoms with Crippen molar-refractivity contribution in [2.24, 2.45) is 7.05 Å². The van der Waals surface area contributed by atoms with Crippen LogP contribution in [0.1, 0.15) is 18.7 Å². The second-order valence-corrected chi connectivity index (χ2v) is 7.02. The number of hydrogen-bond acceptors (Lipinski definition) is 5. The van der Waals surface area contributed by atoms with Gasteiger partial charge in [0.2, 0.25) is 0 Å². The van der Waals surface area contributed by atoms with Crippen LogP contribution in [0, 0.1) is 6.92 Å². The van der Waals surface area contributed by atoms with Crippen molar-refractivity contribution in [2.45, 2.75) is 30.3 Å².